The van der Waals surface area contributed by atoms with Gasteiger partial charge >= 0.3 is 0 Å². The SMILES string of the molecule is Cc1ccc(C)c(N2CCC(C#N)C2(C)C)c1. The molecule has 2 nitrogen and oxygen atoms in total. The van der Waals surface area contributed by atoms with E-state index in [1.165, 1.54) is 16.8 Å². The van der Waals surface area contributed by atoms with E-state index in [9.17, 15) is 5.26 Å². The van der Waals surface area contributed by atoms with Crippen LogP contribution < -0.4 is 4.90 Å². The standard InChI is InChI=1S/C15H20N2/c1-11-5-6-12(2)14(9-11)17-8-7-13(10-16)15(17,3)4/h5-6,9,13H,7-8H2,1-4H3. The van der Waals surface area contributed by atoms with Crippen molar-refractivity contribution in [2.24, 2.45) is 5.92 Å². The number of nitriles is 1. The molecular weight excluding hydrogens is 208 g/mol. The Balaban J connectivity index is 2.42. The van der Waals surface area contributed by atoms with E-state index >= 15 is 0 Å². The van der Waals surface area contributed by atoms with E-state index in [0.717, 1.165) is 13.0 Å². The molecule has 1 fully saturated rings. The van der Waals surface area contributed by atoms with Crippen molar-refractivity contribution >= 4 is 5.69 Å². The smallest absolute Gasteiger partial charge is 0.0706 e. The predicted molar refractivity (Wildman–Crippen MR) is 71.1 cm³/mol. The Morgan fingerprint density at radius 3 is 2.65 bits per heavy atom. The molecule has 1 aliphatic rings. The van der Waals surface area contributed by atoms with Gasteiger partial charge in [0, 0.05) is 12.2 Å². The summed E-state index contributed by atoms with van der Waals surface area (Å²) in [4.78, 5) is 2.39. The molecule has 1 saturated heterocycles. The second-order valence-electron chi connectivity index (χ2n) is 5.57. The summed E-state index contributed by atoms with van der Waals surface area (Å²) in [6.07, 6.45) is 0.969. The Hall–Kier alpha value is -1.49. The molecule has 0 bridgehead atoms. The summed E-state index contributed by atoms with van der Waals surface area (Å²) in [7, 11) is 0. The molecule has 2 heteroatoms. The van der Waals surface area contributed by atoms with E-state index < -0.39 is 0 Å². The van der Waals surface area contributed by atoms with Crippen molar-refractivity contribution in [2.45, 2.75) is 39.7 Å². The number of rotatable bonds is 1. The summed E-state index contributed by atoms with van der Waals surface area (Å²) in [5.74, 6) is 0.127. The molecule has 0 aromatic heterocycles. The monoisotopic (exact) mass is 228 g/mol. The van der Waals surface area contributed by atoms with Crippen LogP contribution in [0.25, 0.3) is 0 Å². The Morgan fingerprint density at radius 1 is 1.35 bits per heavy atom. The molecule has 1 aromatic rings. The largest absolute Gasteiger partial charge is 0.365 e. The van der Waals surface area contributed by atoms with Crippen LogP contribution in [0.2, 0.25) is 0 Å². The van der Waals surface area contributed by atoms with E-state index in [2.05, 4.69) is 56.9 Å². The quantitative estimate of drug-likeness (QED) is 0.736. The molecule has 17 heavy (non-hydrogen) atoms. The van der Waals surface area contributed by atoms with Crippen molar-refractivity contribution in [1.82, 2.24) is 0 Å². The first-order valence-corrected chi connectivity index (χ1v) is 6.21. The number of hydrogen-bond donors (Lipinski definition) is 0. The fraction of sp³-hybridized carbons (Fsp3) is 0.533. The lowest BCUT2D eigenvalue weighted by Gasteiger charge is -2.36. The van der Waals surface area contributed by atoms with Gasteiger partial charge in [0.15, 0.2) is 0 Å². The van der Waals surface area contributed by atoms with Crippen LogP contribution in [0.5, 0.6) is 0 Å². The van der Waals surface area contributed by atoms with Crippen LogP contribution in [-0.2, 0) is 0 Å². The van der Waals surface area contributed by atoms with Crippen LogP contribution in [-0.4, -0.2) is 12.1 Å². The summed E-state index contributed by atoms with van der Waals surface area (Å²) in [6, 6.07) is 8.99. The minimum atomic E-state index is -0.0622. The van der Waals surface area contributed by atoms with Crippen molar-refractivity contribution in [1.29, 1.82) is 5.26 Å². The minimum absolute atomic E-state index is 0.0622. The second-order valence-corrected chi connectivity index (χ2v) is 5.57. The first-order valence-electron chi connectivity index (χ1n) is 6.21. The van der Waals surface area contributed by atoms with Gasteiger partial charge in [-0.05, 0) is 51.3 Å². The third kappa shape index (κ3) is 1.91. The Labute approximate surface area is 104 Å². The van der Waals surface area contributed by atoms with E-state index in [1.54, 1.807) is 0 Å². The topological polar surface area (TPSA) is 27.0 Å². The predicted octanol–water partition coefficient (Wildman–Crippen LogP) is 3.43. The first kappa shape index (κ1) is 12.0. The highest BCUT2D eigenvalue weighted by Gasteiger charge is 2.41. The van der Waals surface area contributed by atoms with Gasteiger partial charge in [0.1, 0.15) is 0 Å². The van der Waals surface area contributed by atoms with E-state index in [0.29, 0.717) is 0 Å². The highest BCUT2D eigenvalue weighted by molar-refractivity contribution is 5.58. The maximum absolute atomic E-state index is 9.21. The Morgan fingerprint density at radius 2 is 2.06 bits per heavy atom. The lowest BCUT2D eigenvalue weighted by Crippen LogP contribution is -2.42. The van der Waals surface area contributed by atoms with Crippen LogP contribution in [0.3, 0.4) is 0 Å². The molecule has 0 spiro atoms. The lowest BCUT2D eigenvalue weighted by molar-refractivity contribution is 0.438. The van der Waals surface area contributed by atoms with Gasteiger partial charge in [0.05, 0.1) is 17.5 Å². The van der Waals surface area contributed by atoms with Crippen molar-refractivity contribution in [3.05, 3.63) is 29.3 Å². The molecule has 1 aliphatic heterocycles. The fourth-order valence-electron chi connectivity index (χ4n) is 2.75. The molecule has 1 heterocycles. The zero-order valence-corrected chi connectivity index (χ0v) is 11.1. The maximum Gasteiger partial charge on any atom is 0.0706 e. The molecule has 0 amide bonds. The third-order valence-electron chi connectivity index (χ3n) is 4.00. The summed E-state index contributed by atoms with van der Waals surface area (Å²) >= 11 is 0. The number of hydrogen-bond acceptors (Lipinski definition) is 2. The molecular formula is C15H20N2. The fourth-order valence-corrected chi connectivity index (χ4v) is 2.75. The van der Waals surface area contributed by atoms with E-state index in [4.69, 9.17) is 0 Å². The van der Waals surface area contributed by atoms with Gasteiger partial charge in [-0.1, -0.05) is 12.1 Å². The Bertz CT molecular complexity index is 468. The van der Waals surface area contributed by atoms with Crippen LogP contribution in [0.15, 0.2) is 18.2 Å². The third-order valence-corrected chi connectivity index (χ3v) is 4.00. The molecule has 0 N–H and O–H groups in total. The van der Waals surface area contributed by atoms with E-state index in [1.807, 2.05) is 0 Å². The van der Waals surface area contributed by atoms with Gasteiger partial charge in [-0.25, -0.2) is 0 Å². The second kappa shape index (κ2) is 4.07. The molecule has 1 atom stereocenters. The van der Waals surface area contributed by atoms with Crippen molar-refractivity contribution < 1.29 is 0 Å². The normalized spacial score (nSPS) is 22.5. The molecule has 90 valence electrons. The molecule has 2 rings (SSSR count). The maximum atomic E-state index is 9.21. The van der Waals surface area contributed by atoms with Gasteiger partial charge in [-0.3, -0.25) is 0 Å². The number of nitrogens with zero attached hydrogens (tertiary/aromatic N) is 2. The summed E-state index contributed by atoms with van der Waals surface area (Å²) in [5.41, 5.74) is 3.80. The summed E-state index contributed by atoms with van der Waals surface area (Å²) in [5, 5.41) is 9.21. The van der Waals surface area contributed by atoms with Crippen molar-refractivity contribution in [3.8, 4) is 6.07 Å². The van der Waals surface area contributed by atoms with Gasteiger partial charge in [-0.2, -0.15) is 5.26 Å². The summed E-state index contributed by atoms with van der Waals surface area (Å²) in [6.45, 7) is 9.60. The summed E-state index contributed by atoms with van der Waals surface area (Å²) < 4.78 is 0. The highest BCUT2D eigenvalue weighted by Crippen LogP contribution is 2.39. The first-order chi connectivity index (χ1) is 7.96. The lowest BCUT2D eigenvalue weighted by atomic mass is 9.89. The van der Waals surface area contributed by atoms with Crippen LogP contribution in [0.1, 0.15) is 31.4 Å². The minimum Gasteiger partial charge on any atom is -0.365 e. The Kier molecular flexibility index (Phi) is 2.87. The van der Waals surface area contributed by atoms with Gasteiger partial charge < -0.3 is 4.90 Å². The molecule has 1 aromatic carbocycles. The average molecular weight is 228 g/mol. The zero-order valence-electron chi connectivity index (χ0n) is 11.1. The van der Waals surface area contributed by atoms with Crippen molar-refractivity contribution in [2.75, 3.05) is 11.4 Å². The molecule has 1 unspecified atom stereocenters. The zero-order chi connectivity index (χ0) is 12.6. The molecule has 0 saturated carbocycles. The number of benzene rings is 1. The number of aryl methyl sites for hydroxylation is 2. The van der Waals surface area contributed by atoms with Crippen LogP contribution in [0.4, 0.5) is 5.69 Å². The highest BCUT2D eigenvalue weighted by atomic mass is 15.2. The molecule has 0 radical (unpaired) electrons. The average Bonchev–Trinajstić information content (AvgIpc) is 2.57. The van der Waals surface area contributed by atoms with Gasteiger partial charge in [0.25, 0.3) is 0 Å². The van der Waals surface area contributed by atoms with Crippen LogP contribution in [0, 0.1) is 31.1 Å². The molecule has 0 aliphatic carbocycles. The van der Waals surface area contributed by atoms with Crippen LogP contribution >= 0.6 is 0 Å². The van der Waals surface area contributed by atoms with Gasteiger partial charge in [-0.15, -0.1) is 0 Å². The number of anilines is 1. The van der Waals surface area contributed by atoms with Gasteiger partial charge in [0.2, 0.25) is 0 Å². The van der Waals surface area contributed by atoms with Crippen molar-refractivity contribution in [3.63, 3.8) is 0 Å². The van der Waals surface area contributed by atoms with E-state index in [-0.39, 0.29) is 11.5 Å².